The predicted molar refractivity (Wildman–Crippen MR) is 135 cm³/mol. The number of non-ortho nitro benzene ring substituents is 1. The van der Waals surface area contributed by atoms with Gasteiger partial charge in [0, 0.05) is 22.7 Å². The molecule has 0 spiro atoms. The summed E-state index contributed by atoms with van der Waals surface area (Å²) >= 11 is 6.01. The minimum atomic E-state index is -1.01. The van der Waals surface area contributed by atoms with Gasteiger partial charge in [-0.2, -0.15) is 5.10 Å². The number of nitro groups is 1. The van der Waals surface area contributed by atoms with Gasteiger partial charge >= 0.3 is 0 Å². The second-order valence-electron chi connectivity index (χ2n) is 9.31. The number of amides is 2. The van der Waals surface area contributed by atoms with Crippen LogP contribution < -0.4 is 4.90 Å². The number of Topliss-reactive ketones (excluding diaryl/α,β-unsaturated/α-hetero) is 1. The fourth-order valence-corrected chi connectivity index (χ4v) is 5.82. The highest BCUT2D eigenvalue weighted by atomic mass is 35.5. The molecule has 4 unspecified atom stereocenters. The maximum atomic E-state index is 13.9. The van der Waals surface area contributed by atoms with Gasteiger partial charge in [0.1, 0.15) is 6.04 Å². The van der Waals surface area contributed by atoms with Gasteiger partial charge in [0.25, 0.3) is 5.69 Å². The number of fused-ring (bicyclic) bond motifs is 5. The zero-order chi connectivity index (χ0) is 26.0. The number of nitrogens with zero attached hydrogens (tertiary/aromatic N) is 4. The predicted octanol–water partition coefficient (Wildman–Crippen LogP) is 4.32. The Labute approximate surface area is 216 Å². The minimum absolute atomic E-state index is 0.141. The van der Waals surface area contributed by atoms with Crippen molar-refractivity contribution in [2.24, 2.45) is 16.9 Å². The van der Waals surface area contributed by atoms with Crippen molar-refractivity contribution < 1.29 is 19.3 Å². The van der Waals surface area contributed by atoms with Crippen molar-refractivity contribution in [2.45, 2.75) is 19.0 Å². The molecule has 0 aromatic heterocycles. The maximum absolute atomic E-state index is 13.9. The van der Waals surface area contributed by atoms with E-state index in [0.29, 0.717) is 16.1 Å². The van der Waals surface area contributed by atoms with Crippen LogP contribution in [0.1, 0.15) is 33.1 Å². The Morgan fingerprint density at radius 3 is 2.41 bits per heavy atom. The third-order valence-electron chi connectivity index (χ3n) is 7.32. The van der Waals surface area contributed by atoms with Gasteiger partial charge in [-0.3, -0.25) is 29.5 Å². The number of nitro benzene ring substituents is 1. The molecule has 0 radical (unpaired) electrons. The van der Waals surface area contributed by atoms with Crippen LogP contribution in [0.5, 0.6) is 0 Å². The lowest BCUT2D eigenvalue weighted by molar-refractivity contribution is -0.384. The smallest absolute Gasteiger partial charge is 0.269 e. The van der Waals surface area contributed by atoms with E-state index in [1.165, 1.54) is 18.2 Å². The summed E-state index contributed by atoms with van der Waals surface area (Å²) in [5.41, 5.74) is 2.52. The highest BCUT2D eigenvalue weighted by Gasteiger charge is 2.65. The van der Waals surface area contributed by atoms with Gasteiger partial charge in [-0.1, -0.05) is 35.9 Å². The largest absolute Gasteiger partial charge is 0.292 e. The Bertz CT molecular complexity index is 1540. The molecule has 4 atom stereocenters. The average Bonchev–Trinajstić information content (AvgIpc) is 3.36. The highest BCUT2D eigenvalue weighted by Crippen LogP contribution is 2.53. The van der Waals surface area contributed by atoms with Crippen molar-refractivity contribution in [2.75, 3.05) is 4.90 Å². The van der Waals surface area contributed by atoms with E-state index in [2.05, 4.69) is 5.10 Å². The molecule has 3 aliphatic heterocycles. The van der Waals surface area contributed by atoms with E-state index in [9.17, 15) is 24.5 Å². The summed E-state index contributed by atoms with van der Waals surface area (Å²) in [7, 11) is 0. The Balaban J connectivity index is 1.49. The van der Waals surface area contributed by atoms with Crippen molar-refractivity contribution in [3.8, 4) is 0 Å². The van der Waals surface area contributed by atoms with Gasteiger partial charge in [0.05, 0.1) is 34.7 Å². The fraction of sp³-hybridized carbons (Fsp3) is 0.185. The number of aryl methyl sites for hydroxylation is 1. The average molecular weight is 515 g/mol. The van der Waals surface area contributed by atoms with E-state index >= 15 is 0 Å². The molecular weight excluding hydrogens is 496 g/mol. The molecule has 3 heterocycles. The number of carbonyl (C=O) groups is 3. The van der Waals surface area contributed by atoms with E-state index in [1.807, 2.05) is 24.3 Å². The Morgan fingerprint density at radius 1 is 1.00 bits per heavy atom. The lowest BCUT2D eigenvalue weighted by Crippen LogP contribution is -2.44. The van der Waals surface area contributed by atoms with Crippen LogP contribution in [-0.2, 0) is 9.59 Å². The normalized spacial score (nSPS) is 23.6. The number of rotatable bonds is 4. The van der Waals surface area contributed by atoms with Crippen molar-refractivity contribution in [3.63, 3.8) is 0 Å². The van der Waals surface area contributed by atoms with E-state index in [1.54, 1.807) is 42.4 Å². The number of ketones is 1. The molecule has 10 heteroatoms. The van der Waals surface area contributed by atoms with E-state index < -0.39 is 40.7 Å². The van der Waals surface area contributed by atoms with Crippen molar-refractivity contribution >= 4 is 46.8 Å². The molecule has 37 heavy (non-hydrogen) atoms. The summed E-state index contributed by atoms with van der Waals surface area (Å²) in [6.45, 7) is 1.61. The Hall–Kier alpha value is -4.37. The van der Waals surface area contributed by atoms with Gasteiger partial charge in [-0.15, -0.1) is 0 Å². The van der Waals surface area contributed by atoms with Gasteiger partial charge in [0.2, 0.25) is 11.8 Å². The molecule has 2 amide bonds. The van der Waals surface area contributed by atoms with Crippen LogP contribution in [-0.4, -0.2) is 39.8 Å². The van der Waals surface area contributed by atoms with E-state index in [0.717, 1.165) is 16.0 Å². The summed E-state index contributed by atoms with van der Waals surface area (Å²) in [4.78, 5) is 53.5. The number of halogens is 1. The third-order valence-corrected chi connectivity index (χ3v) is 7.57. The van der Waals surface area contributed by atoms with Gasteiger partial charge < -0.3 is 0 Å². The molecule has 184 valence electrons. The molecule has 3 aromatic rings. The van der Waals surface area contributed by atoms with E-state index in [4.69, 9.17) is 11.6 Å². The minimum Gasteiger partial charge on any atom is -0.292 e. The second-order valence-corrected chi connectivity index (χ2v) is 9.74. The molecule has 0 N–H and O–H groups in total. The first-order chi connectivity index (χ1) is 17.8. The van der Waals surface area contributed by atoms with Crippen LogP contribution in [0.2, 0.25) is 5.02 Å². The standard InChI is InChI=1S/C27H19ClN4O5/c1-14-12-18(32(36)37)10-11-20(14)30-26(34)21-22(27(30)35)24(25(33)15-6-8-17(28)9-7-15)31-23(21)19-5-3-2-4-16(19)13-29-31/h2-13,21-24H,1H3. The number of imide groups is 1. The summed E-state index contributed by atoms with van der Waals surface area (Å²) in [5.74, 6) is -3.17. The van der Waals surface area contributed by atoms with Crippen molar-refractivity contribution in [1.29, 1.82) is 0 Å². The number of hydrogen-bond acceptors (Lipinski definition) is 7. The Kier molecular flexibility index (Phi) is 5.20. The maximum Gasteiger partial charge on any atom is 0.269 e. The van der Waals surface area contributed by atoms with Crippen LogP contribution in [0, 0.1) is 28.9 Å². The van der Waals surface area contributed by atoms with E-state index in [-0.39, 0.29) is 17.2 Å². The molecule has 3 aliphatic rings. The molecular formula is C27H19ClN4O5. The molecule has 6 rings (SSSR count). The quantitative estimate of drug-likeness (QED) is 0.222. The van der Waals surface area contributed by atoms with Crippen LogP contribution in [0.25, 0.3) is 0 Å². The number of hydrazone groups is 1. The van der Waals surface area contributed by atoms with Gasteiger partial charge in [0.15, 0.2) is 5.78 Å². The third kappa shape index (κ3) is 3.38. The first-order valence-corrected chi connectivity index (χ1v) is 12.0. The number of anilines is 1. The summed E-state index contributed by atoms with van der Waals surface area (Å²) in [6, 6.07) is 16.2. The van der Waals surface area contributed by atoms with Crippen LogP contribution in [0.3, 0.4) is 0 Å². The number of benzene rings is 3. The molecule has 0 bridgehead atoms. The number of hydrogen-bond donors (Lipinski definition) is 0. The van der Waals surface area contributed by atoms with Gasteiger partial charge in [-0.25, -0.2) is 4.90 Å². The summed E-state index contributed by atoms with van der Waals surface area (Å²) in [5, 5.41) is 17.8. The molecule has 3 aromatic carbocycles. The highest BCUT2D eigenvalue weighted by molar-refractivity contribution is 6.30. The molecule has 9 nitrogen and oxygen atoms in total. The van der Waals surface area contributed by atoms with Gasteiger partial charge in [-0.05, 0) is 53.9 Å². The number of carbonyl (C=O) groups excluding carboxylic acids is 3. The lowest BCUT2D eigenvalue weighted by Gasteiger charge is -2.34. The summed E-state index contributed by atoms with van der Waals surface area (Å²) in [6.07, 6.45) is 1.64. The lowest BCUT2D eigenvalue weighted by atomic mass is 9.83. The van der Waals surface area contributed by atoms with Crippen LogP contribution >= 0.6 is 11.6 Å². The molecule has 2 fully saturated rings. The molecule has 2 saturated heterocycles. The fourth-order valence-electron chi connectivity index (χ4n) is 5.69. The Morgan fingerprint density at radius 2 is 1.70 bits per heavy atom. The SMILES string of the molecule is Cc1cc([N+](=O)[O-])ccc1N1C(=O)C2C(C1=O)C1c3ccccc3C=NN1C2C(=O)c1ccc(Cl)cc1. The summed E-state index contributed by atoms with van der Waals surface area (Å²) < 4.78 is 0. The first kappa shape index (κ1) is 23.1. The van der Waals surface area contributed by atoms with Crippen molar-refractivity contribution in [3.05, 3.63) is 104 Å². The second kappa shape index (κ2) is 8.35. The topological polar surface area (TPSA) is 113 Å². The first-order valence-electron chi connectivity index (χ1n) is 11.6. The van der Waals surface area contributed by atoms with Crippen molar-refractivity contribution in [1.82, 2.24) is 5.01 Å². The van der Waals surface area contributed by atoms with Crippen LogP contribution in [0.15, 0.2) is 71.8 Å². The zero-order valence-electron chi connectivity index (χ0n) is 19.4. The molecule has 0 aliphatic carbocycles. The zero-order valence-corrected chi connectivity index (χ0v) is 20.2. The monoisotopic (exact) mass is 514 g/mol. The van der Waals surface area contributed by atoms with Crippen LogP contribution in [0.4, 0.5) is 11.4 Å². The molecule has 0 saturated carbocycles.